The molecule has 0 aliphatic heterocycles. The lowest BCUT2D eigenvalue weighted by atomic mass is 10.1. The zero-order valence-corrected chi connectivity index (χ0v) is 10.3. The van der Waals surface area contributed by atoms with Gasteiger partial charge in [0.25, 0.3) is 5.91 Å². The van der Waals surface area contributed by atoms with Crippen LogP contribution in [0.5, 0.6) is 0 Å². The highest BCUT2D eigenvalue weighted by molar-refractivity contribution is 6.07. The lowest BCUT2D eigenvalue weighted by Crippen LogP contribution is -2.40. The van der Waals surface area contributed by atoms with Crippen molar-refractivity contribution in [3.8, 4) is 0 Å². The van der Waals surface area contributed by atoms with E-state index in [-0.39, 0.29) is 11.4 Å². The zero-order valence-electron chi connectivity index (χ0n) is 10.3. The van der Waals surface area contributed by atoms with Crippen molar-refractivity contribution in [2.24, 2.45) is 0 Å². The molecule has 4 nitrogen and oxygen atoms in total. The molecular formula is C13H17N3O. The average Bonchev–Trinajstić information content (AvgIpc) is 2.57. The minimum absolute atomic E-state index is 0.0754. The van der Waals surface area contributed by atoms with Crippen LogP contribution in [-0.4, -0.2) is 16.4 Å². The van der Waals surface area contributed by atoms with Crippen molar-refractivity contribution in [2.45, 2.75) is 26.3 Å². The van der Waals surface area contributed by atoms with Crippen LogP contribution >= 0.6 is 0 Å². The molecule has 0 saturated carbocycles. The van der Waals surface area contributed by atoms with Crippen LogP contribution in [0.4, 0.5) is 5.69 Å². The molecule has 4 heteroatoms. The molecule has 4 N–H and O–H groups in total. The quantitative estimate of drug-likeness (QED) is 0.659. The Morgan fingerprint density at radius 1 is 1.35 bits per heavy atom. The molecule has 0 bridgehead atoms. The number of hydrogen-bond acceptors (Lipinski definition) is 2. The molecule has 1 amide bonds. The summed E-state index contributed by atoms with van der Waals surface area (Å²) in [6.07, 6.45) is 1.71. The van der Waals surface area contributed by atoms with Crippen LogP contribution in [0.15, 0.2) is 24.4 Å². The third-order valence-electron chi connectivity index (χ3n) is 2.44. The Morgan fingerprint density at radius 2 is 2.06 bits per heavy atom. The van der Waals surface area contributed by atoms with Gasteiger partial charge in [0.15, 0.2) is 0 Å². The van der Waals surface area contributed by atoms with Crippen LogP contribution in [0.2, 0.25) is 0 Å². The number of carbonyl (C=O) groups excluding carboxylic acids is 1. The minimum atomic E-state index is -0.242. The molecule has 2 rings (SSSR count). The second kappa shape index (κ2) is 3.80. The van der Waals surface area contributed by atoms with Gasteiger partial charge in [0, 0.05) is 28.3 Å². The first-order valence-corrected chi connectivity index (χ1v) is 5.56. The lowest BCUT2D eigenvalue weighted by Gasteiger charge is -2.20. The van der Waals surface area contributed by atoms with Gasteiger partial charge in [0.2, 0.25) is 0 Å². The topological polar surface area (TPSA) is 70.9 Å². The normalized spacial score (nSPS) is 11.7. The second-order valence-electron chi connectivity index (χ2n) is 5.21. The van der Waals surface area contributed by atoms with E-state index in [2.05, 4.69) is 10.3 Å². The fourth-order valence-corrected chi connectivity index (χ4v) is 1.74. The van der Waals surface area contributed by atoms with Crippen LogP contribution in [0.25, 0.3) is 10.9 Å². The Hall–Kier alpha value is -1.97. The van der Waals surface area contributed by atoms with Crippen molar-refractivity contribution in [3.05, 3.63) is 30.0 Å². The van der Waals surface area contributed by atoms with Gasteiger partial charge in [-0.05, 0) is 39.0 Å². The molecule has 90 valence electrons. The largest absolute Gasteiger partial charge is 0.399 e. The van der Waals surface area contributed by atoms with Crippen LogP contribution in [0, 0.1) is 0 Å². The second-order valence-corrected chi connectivity index (χ2v) is 5.21. The van der Waals surface area contributed by atoms with Gasteiger partial charge in [0.1, 0.15) is 0 Å². The standard InChI is InChI=1S/C13H17N3O/c1-13(2,3)16-12(17)10-7-15-11-6-8(14)4-5-9(10)11/h4-7,15H,14H2,1-3H3,(H,16,17). The van der Waals surface area contributed by atoms with E-state index >= 15 is 0 Å². The molecule has 1 heterocycles. The van der Waals surface area contributed by atoms with E-state index in [1.807, 2.05) is 32.9 Å². The highest BCUT2D eigenvalue weighted by Gasteiger charge is 2.17. The SMILES string of the molecule is CC(C)(C)NC(=O)c1c[nH]c2cc(N)ccc12. The highest BCUT2D eigenvalue weighted by Crippen LogP contribution is 2.21. The van der Waals surface area contributed by atoms with Crippen molar-refractivity contribution in [1.82, 2.24) is 10.3 Å². The van der Waals surface area contributed by atoms with E-state index < -0.39 is 0 Å². The number of H-pyrrole nitrogens is 1. The maximum Gasteiger partial charge on any atom is 0.253 e. The van der Waals surface area contributed by atoms with Gasteiger partial charge in [-0.25, -0.2) is 0 Å². The number of nitrogens with one attached hydrogen (secondary N) is 2. The summed E-state index contributed by atoms with van der Waals surface area (Å²) in [5, 5.41) is 3.83. The number of carbonyl (C=O) groups is 1. The number of hydrogen-bond donors (Lipinski definition) is 3. The summed E-state index contributed by atoms with van der Waals surface area (Å²) >= 11 is 0. The average molecular weight is 231 g/mol. The molecule has 17 heavy (non-hydrogen) atoms. The number of aromatic amines is 1. The van der Waals surface area contributed by atoms with Crippen molar-refractivity contribution >= 4 is 22.5 Å². The lowest BCUT2D eigenvalue weighted by molar-refractivity contribution is 0.0921. The molecule has 0 fully saturated rings. The fourth-order valence-electron chi connectivity index (χ4n) is 1.74. The first-order valence-electron chi connectivity index (χ1n) is 5.56. The minimum Gasteiger partial charge on any atom is -0.399 e. The smallest absolute Gasteiger partial charge is 0.253 e. The van der Waals surface area contributed by atoms with E-state index in [0.29, 0.717) is 11.3 Å². The number of amides is 1. The number of nitrogen functional groups attached to an aromatic ring is 1. The van der Waals surface area contributed by atoms with Crippen molar-refractivity contribution < 1.29 is 4.79 Å². The van der Waals surface area contributed by atoms with E-state index in [9.17, 15) is 4.79 Å². The Bertz CT molecular complexity index is 564. The van der Waals surface area contributed by atoms with Crippen LogP contribution in [0.1, 0.15) is 31.1 Å². The molecule has 0 aliphatic carbocycles. The number of fused-ring (bicyclic) bond motifs is 1. The summed E-state index contributed by atoms with van der Waals surface area (Å²) in [6.45, 7) is 5.87. The van der Waals surface area contributed by atoms with E-state index in [4.69, 9.17) is 5.73 Å². The van der Waals surface area contributed by atoms with Gasteiger partial charge in [-0.2, -0.15) is 0 Å². The number of aromatic nitrogens is 1. The Morgan fingerprint density at radius 3 is 2.71 bits per heavy atom. The number of benzene rings is 1. The number of nitrogens with two attached hydrogens (primary N) is 1. The van der Waals surface area contributed by atoms with Gasteiger partial charge in [0.05, 0.1) is 5.56 Å². The van der Waals surface area contributed by atoms with Crippen LogP contribution in [-0.2, 0) is 0 Å². The summed E-state index contributed by atoms with van der Waals surface area (Å²) in [5.41, 5.74) is 7.66. The molecule has 1 aromatic heterocycles. The van der Waals surface area contributed by atoms with Crippen LogP contribution < -0.4 is 11.1 Å². The van der Waals surface area contributed by atoms with E-state index in [1.54, 1.807) is 12.3 Å². The van der Waals surface area contributed by atoms with Crippen molar-refractivity contribution in [1.29, 1.82) is 0 Å². The monoisotopic (exact) mass is 231 g/mol. The number of rotatable bonds is 1. The molecule has 0 radical (unpaired) electrons. The third-order valence-corrected chi connectivity index (χ3v) is 2.44. The molecular weight excluding hydrogens is 214 g/mol. The Labute approximate surface area is 100 Å². The predicted molar refractivity (Wildman–Crippen MR) is 69.9 cm³/mol. The van der Waals surface area contributed by atoms with Gasteiger partial charge in [-0.15, -0.1) is 0 Å². The maximum atomic E-state index is 12.1. The molecule has 2 aromatic rings. The summed E-state index contributed by atoms with van der Waals surface area (Å²) in [4.78, 5) is 15.1. The van der Waals surface area contributed by atoms with Crippen molar-refractivity contribution in [3.63, 3.8) is 0 Å². The fraction of sp³-hybridized carbons (Fsp3) is 0.308. The van der Waals surface area contributed by atoms with Gasteiger partial charge in [-0.1, -0.05) is 0 Å². The molecule has 0 aliphatic rings. The summed E-state index contributed by atoms with van der Waals surface area (Å²) < 4.78 is 0. The first kappa shape index (κ1) is 11.5. The van der Waals surface area contributed by atoms with E-state index in [1.165, 1.54) is 0 Å². The maximum absolute atomic E-state index is 12.1. The van der Waals surface area contributed by atoms with Gasteiger partial charge >= 0.3 is 0 Å². The molecule has 0 saturated heterocycles. The summed E-state index contributed by atoms with van der Waals surface area (Å²) in [6, 6.07) is 5.48. The summed E-state index contributed by atoms with van der Waals surface area (Å²) in [7, 11) is 0. The van der Waals surface area contributed by atoms with Gasteiger partial charge < -0.3 is 16.0 Å². The highest BCUT2D eigenvalue weighted by atomic mass is 16.1. The summed E-state index contributed by atoms with van der Waals surface area (Å²) in [5.74, 6) is -0.0754. The Kier molecular flexibility index (Phi) is 2.58. The third kappa shape index (κ3) is 2.41. The van der Waals surface area contributed by atoms with E-state index in [0.717, 1.165) is 10.9 Å². The van der Waals surface area contributed by atoms with Crippen molar-refractivity contribution in [2.75, 3.05) is 5.73 Å². The molecule has 0 unspecified atom stereocenters. The molecule has 0 spiro atoms. The van der Waals surface area contributed by atoms with Gasteiger partial charge in [-0.3, -0.25) is 4.79 Å². The predicted octanol–water partition coefficient (Wildman–Crippen LogP) is 2.28. The molecule has 0 atom stereocenters. The zero-order chi connectivity index (χ0) is 12.6. The number of anilines is 1. The Balaban J connectivity index is 2.40. The van der Waals surface area contributed by atoms with Crippen LogP contribution in [0.3, 0.4) is 0 Å². The molecule has 1 aromatic carbocycles. The first-order chi connectivity index (χ1) is 7.87.